The minimum Gasteiger partial charge on any atom is -0.309 e. The highest BCUT2D eigenvalue weighted by atomic mass is 32.2. The number of aromatic nitrogens is 1. The number of pyridine rings is 1. The van der Waals surface area contributed by atoms with Crippen LogP contribution < -0.4 is 5.32 Å². The second kappa shape index (κ2) is 8.02. The average Bonchev–Trinajstić information content (AvgIpc) is 2.49. The second-order valence-electron chi connectivity index (χ2n) is 4.53. The van der Waals surface area contributed by atoms with E-state index in [1.54, 1.807) is 24.0 Å². The highest BCUT2D eigenvalue weighted by molar-refractivity contribution is 7.99. The molecular weight excluding hydrogens is 271 g/mol. The molecule has 1 atom stereocenters. The molecule has 0 aliphatic rings. The molecular formula is C16H19FN2S. The summed E-state index contributed by atoms with van der Waals surface area (Å²) in [5, 5.41) is 3.41. The standard InChI is InChI=1S/C16H19FN2S/c1-2-9-19-16(14-8-10-18-11-15(14)17)12-20-13-6-4-3-5-7-13/h3-8,10-11,16,19H,2,9,12H2,1H3. The fraction of sp³-hybridized carbons (Fsp3) is 0.312. The number of rotatable bonds is 7. The molecule has 106 valence electrons. The Morgan fingerprint density at radius 3 is 2.75 bits per heavy atom. The molecule has 0 aliphatic heterocycles. The van der Waals surface area contributed by atoms with Crippen LogP contribution >= 0.6 is 11.8 Å². The fourth-order valence-corrected chi connectivity index (χ4v) is 2.95. The van der Waals surface area contributed by atoms with Crippen molar-refractivity contribution in [2.24, 2.45) is 0 Å². The Hall–Kier alpha value is -1.39. The average molecular weight is 290 g/mol. The van der Waals surface area contributed by atoms with Crippen molar-refractivity contribution in [2.45, 2.75) is 24.3 Å². The maximum Gasteiger partial charge on any atom is 0.146 e. The Morgan fingerprint density at radius 1 is 1.25 bits per heavy atom. The van der Waals surface area contributed by atoms with Crippen LogP contribution in [-0.2, 0) is 0 Å². The molecule has 0 fully saturated rings. The molecule has 0 bridgehead atoms. The van der Waals surface area contributed by atoms with E-state index in [2.05, 4.69) is 29.4 Å². The van der Waals surface area contributed by atoms with Gasteiger partial charge in [-0.05, 0) is 31.2 Å². The lowest BCUT2D eigenvalue weighted by molar-refractivity contribution is 0.529. The molecule has 0 amide bonds. The summed E-state index contributed by atoms with van der Waals surface area (Å²) in [4.78, 5) is 5.02. The van der Waals surface area contributed by atoms with E-state index in [0.29, 0.717) is 5.56 Å². The molecule has 0 radical (unpaired) electrons. The van der Waals surface area contributed by atoms with E-state index in [9.17, 15) is 4.39 Å². The van der Waals surface area contributed by atoms with Gasteiger partial charge in [0, 0.05) is 28.5 Å². The predicted molar refractivity (Wildman–Crippen MR) is 82.4 cm³/mol. The summed E-state index contributed by atoms with van der Waals surface area (Å²) in [5.74, 6) is 0.556. The summed E-state index contributed by atoms with van der Waals surface area (Å²) in [6.45, 7) is 2.99. The normalized spacial score (nSPS) is 12.3. The lowest BCUT2D eigenvalue weighted by Crippen LogP contribution is -2.25. The molecule has 2 aromatic rings. The van der Waals surface area contributed by atoms with Gasteiger partial charge in [-0.25, -0.2) is 4.39 Å². The van der Waals surface area contributed by atoms with E-state index in [1.165, 1.54) is 11.1 Å². The Morgan fingerprint density at radius 2 is 2.05 bits per heavy atom. The first kappa shape index (κ1) is 15.0. The van der Waals surface area contributed by atoms with Crippen LogP contribution in [0.1, 0.15) is 24.9 Å². The molecule has 4 heteroatoms. The van der Waals surface area contributed by atoms with Gasteiger partial charge >= 0.3 is 0 Å². The lowest BCUT2D eigenvalue weighted by Gasteiger charge is -2.19. The monoisotopic (exact) mass is 290 g/mol. The van der Waals surface area contributed by atoms with Crippen molar-refractivity contribution in [2.75, 3.05) is 12.3 Å². The van der Waals surface area contributed by atoms with Gasteiger partial charge in [0.2, 0.25) is 0 Å². The summed E-state index contributed by atoms with van der Waals surface area (Å²) in [5.41, 5.74) is 0.692. The molecule has 20 heavy (non-hydrogen) atoms. The van der Waals surface area contributed by atoms with Gasteiger partial charge in [0.25, 0.3) is 0 Å². The van der Waals surface area contributed by atoms with Gasteiger partial charge in [-0.2, -0.15) is 0 Å². The largest absolute Gasteiger partial charge is 0.309 e. The number of hydrogen-bond donors (Lipinski definition) is 1. The molecule has 1 heterocycles. The highest BCUT2D eigenvalue weighted by Crippen LogP contribution is 2.25. The molecule has 1 unspecified atom stereocenters. The Kier molecular flexibility index (Phi) is 6.02. The van der Waals surface area contributed by atoms with Crippen LogP contribution in [0.25, 0.3) is 0 Å². The minimum absolute atomic E-state index is 0.00292. The SMILES string of the molecule is CCCNC(CSc1ccccc1)c1ccncc1F. The van der Waals surface area contributed by atoms with E-state index in [1.807, 2.05) is 18.2 Å². The number of benzene rings is 1. The van der Waals surface area contributed by atoms with E-state index in [4.69, 9.17) is 0 Å². The van der Waals surface area contributed by atoms with Crippen molar-refractivity contribution in [1.29, 1.82) is 0 Å². The van der Waals surface area contributed by atoms with Crippen molar-refractivity contribution >= 4 is 11.8 Å². The number of thioether (sulfide) groups is 1. The summed E-state index contributed by atoms with van der Waals surface area (Å²) in [6, 6.07) is 11.9. The van der Waals surface area contributed by atoms with Crippen molar-refractivity contribution in [3.8, 4) is 0 Å². The van der Waals surface area contributed by atoms with E-state index in [-0.39, 0.29) is 11.9 Å². The fourth-order valence-electron chi connectivity index (χ4n) is 1.94. The zero-order chi connectivity index (χ0) is 14.2. The van der Waals surface area contributed by atoms with Crippen LogP contribution in [0.5, 0.6) is 0 Å². The van der Waals surface area contributed by atoms with Gasteiger partial charge in [0.05, 0.1) is 6.20 Å². The topological polar surface area (TPSA) is 24.9 Å². The van der Waals surface area contributed by atoms with Gasteiger partial charge in [-0.3, -0.25) is 4.98 Å². The van der Waals surface area contributed by atoms with Gasteiger partial charge in [-0.15, -0.1) is 11.8 Å². The van der Waals surface area contributed by atoms with E-state index >= 15 is 0 Å². The number of nitrogens with one attached hydrogen (secondary N) is 1. The van der Waals surface area contributed by atoms with Gasteiger partial charge in [-0.1, -0.05) is 25.1 Å². The molecule has 0 spiro atoms. The van der Waals surface area contributed by atoms with Crippen molar-refractivity contribution in [3.05, 3.63) is 60.2 Å². The van der Waals surface area contributed by atoms with Crippen molar-refractivity contribution in [1.82, 2.24) is 10.3 Å². The second-order valence-corrected chi connectivity index (χ2v) is 5.62. The molecule has 1 N–H and O–H groups in total. The first-order chi connectivity index (χ1) is 9.81. The molecule has 0 aliphatic carbocycles. The number of halogens is 1. The van der Waals surface area contributed by atoms with Gasteiger partial charge in [0.1, 0.15) is 5.82 Å². The maximum atomic E-state index is 13.9. The first-order valence-electron chi connectivity index (χ1n) is 6.82. The number of hydrogen-bond acceptors (Lipinski definition) is 3. The quantitative estimate of drug-likeness (QED) is 0.779. The van der Waals surface area contributed by atoms with Crippen LogP contribution in [0.3, 0.4) is 0 Å². The van der Waals surface area contributed by atoms with E-state index in [0.717, 1.165) is 18.7 Å². The van der Waals surface area contributed by atoms with Crippen LogP contribution in [0.2, 0.25) is 0 Å². The molecule has 0 saturated carbocycles. The lowest BCUT2D eigenvalue weighted by atomic mass is 10.1. The minimum atomic E-state index is -0.241. The molecule has 1 aromatic carbocycles. The van der Waals surface area contributed by atoms with E-state index < -0.39 is 0 Å². The third-order valence-electron chi connectivity index (χ3n) is 2.98. The summed E-state index contributed by atoms with van der Waals surface area (Å²) < 4.78 is 13.9. The molecule has 2 nitrogen and oxygen atoms in total. The van der Waals surface area contributed by atoms with Crippen LogP contribution in [0, 0.1) is 5.82 Å². The third-order valence-corrected chi connectivity index (χ3v) is 4.09. The molecule has 2 rings (SSSR count). The van der Waals surface area contributed by atoms with Crippen LogP contribution in [0.4, 0.5) is 4.39 Å². The van der Waals surface area contributed by atoms with Gasteiger partial charge in [0.15, 0.2) is 0 Å². The van der Waals surface area contributed by atoms with Crippen LogP contribution in [0.15, 0.2) is 53.7 Å². The third kappa shape index (κ3) is 4.32. The highest BCUT2D eigenvalue weighted by Gasteiger charge is 2.15. The molecule has 0 saturated heterocycles. The summed E-state index contributed by atoms with van der Waals surface area (Å²) >= 11 is 1.73. The van der Waals surface area contributed by atoms with Crippen molar-refractivity contribution in [3.63, 3.8) is 0 Å². The predicted octanol–water partition coefficient (Wildman–Crippen LogP) is 4.05. The van der Waals surface area contributed by atoms with Crippen molar-refractivity contribution < 1.29 is 4.39 Å². The first-order valence-corrected chi connectivity index (χ1v) is 7.80. The zero-order valence-electron chi connectivity index (χ0n) is 11.6. The summed E-state index contributed by atoms with van der Waals surface area (Å²) in [6.07, 6.45) is 3.95. The smallest absolute Gasteiger partial charge is 0.146 e. The zero-order valence-corrected chi connectivity index (χ0v) is 12.4. The maximum absolute atomic E-state index is 13.9. The number of nitrogens with zero attached hydrogens (tertiary/aromatic N) is 1. The Balaban J connectivity index is 2.06. The molecule has 1 aromatic heterocycles. The van der Waals surface area contributed by atoms with Crippen LogP contribution in [-0.4, -0.2) is 17.3 Å². The summed E-state index contributed by atoms with van der Waals surface area (Å²) in [7, 11) is 0. The Labute approximate surface area is 123 Å². The Bertz CT molecular complexity index is 519. The van der Waals surface area contributed by atoms with Gasteiger partial charge < -0.3 is 5.32 Å².